The van der Waals surface area contributed by atoms with Crippen molar-refractivity contribution >= 4 is 46.6 Å². The molecule has 2 aromatic carbocycles. The van der Waals surface area contributed by atoms with E-state index in [1.165, 1.54) is 11.3 Å². The zero-order chi connectivity index (χ0) is 22.4. The van der Waals surface area contributed by atoms with Crippen LogP contribution in [0.5, 0.6) is 0 Å². The highest BCUT2D eigenvalue weighted by molar-refractivity contribution is 6.31. The molecule has 1 N–H and O–H groups in total. The molecule has 0 spiro atoms. The van der Waals surface area contributed by atoms with E-state index in [0.717, 1.165) is 24.8 Å². The molecule has 3 atom stereocenters. The van der Waals surface area contributed by atoms with Crippen molar-refractivity contribution in [3.63, 3.8) is 0 Å². The molecule has 4 nitrogen and oxygen atoms in total. The van der Waals surface area contributed by atoms with Crippen LogP contribution in [0.4, 0.5) is 0 Å². The van der Waals surface area contributed by atoms with Crippen LogP contribution in [-0.2, 0) is 16.1 Å². The largest absolute Gasteiger partial charge is 0.351 e. The maximum atomic E-state index is 13.6. The number of halogens is 3. The Labute approximate surface area is 198 Å². The molecular formula is C24H27Cl3N2O2. The van der Waals surface area contributed by atoms with E-state index in [-0.39, 0.29) is 30.3 Å². The molecule has 2 amide bonds. The number of carbonyl (C=O) groups is 2. The zero-order valence-corrected chi connectivity index (χ0v) is 19.8. The van der Waals surface area contributed by atoms with Gasteiger partial charge in [0.2, 0.25) is 11.8 Å². The van der Waals surface area contributed by atoms with E-state index >= 15 is 0 Å². The molecule has 31 heavy (non-hydrogen) atoms. The molecule has 1 fully saturated rings. The predicted molar refractivity (Wildman–Crippen MR) is 126 cm³/mol. The Morgan fingerprint density at radius 1 is 1.06 bits per heavy atom. The Morgan fingerprint density at radius 2 is 1.77 bits per heavy atom. The van der Waals surface area contributed by atoms with Crippen LogP contribution in [0.1, 0.15) is 49.8 Å². The molecule has 166 valence electrons. The van der Waals surface area contributed by atoms with Gasteiger partial charge in [-0.2, -0.15) is 0 Å². The second-order valence-electron chi connectivity index (χ2n) is 8.12. The van der Waals surface area contributed by atoms with Crippen LogP contribution < -0.4 is 5.32 Å². The molecule has 0 aromatic heterocycles. The van der Waals surface area contributed by atoms with Crippen molar-refractivity contribution in [3.05, 3.63) is 69.7 Å². The van der Waals surface area contributed by atoms with Crippen molar-refractivity contribution in [2.45, 2.75) is 51.2 Å². The van der Waals surface area contributed by atoms with E-state index in [2.05, 4.69) is 12.2 Å². The fourth-order valence-corrected chi connectivity index (χ4v) is 4.63. The SMILES string of the molecule is C[C@@H]1CCCC[C@H]1NC(=O)[C@H](c1ccc(Cl)cc1)N(Cc1cccc(Cl)c1)C(=O)CCl. The number of hydrogen-bond donors (Lipinski definition) is 1. The van der Waals surface area contributed by atoms with E-state index < -0.39 is 6.04 Å². The van der Waals surface area contributed by atoms with Gasteiger partial charge in [0, 0.05) is 22.6 Å². The van der Waals surface area contributed by atoms with Gasteiger partial charge in [0.1, 0.15) is 11.9 Å². The van der Waals surface area contributed by atoms with Crippen LogP contribution in [0.25, 0.3) is 0 Å². The Hall–Kier alpha value is -1.75. The van der Waals surface area contributed by atoms with E-state index in [1.807, 2.05) is 12.1 Å². The third-order valence-electron chi connectivity index (χ3n) is 5.86. The van der Waals surface area contributed by atoms with Crippen LogP contribution in [-0.4, -0.2) is 28.6 Å². The summed E-state index contributed by atoms with van der Waals surface area (Å²) in [6, 6.07) is 13.5. The summed E-state index contributed by atoms with van der Waals surface area (Å²) in [5.41, 5.74) is 1.51. The minimum atomic E-state index is -0.823. The molecule has 0 radical (unpaired) electrons. The van der Waals surface area contributed by atoms with Gasteiger partial charge in [-0.05, 0) is 54.2 Å². The van der Waals surface area contributed by atoms with Gasteiger partial charge < -0.3 is 10.2 Å². The summed E-state index contributed by atoms with van der Waals surface area (Å²) in [6.07, 6.45) is 4.30. The van der Waals surface area contributed by atoms with Crippen molar-refractivity contribution in [3.8, 4) is 0 Å². The lowest BCUT2D eigenvalue weighted by Gasteiger charge is -2.35. The molecule has 0 unspecified atom stereocenters. The van der Waals surface area contributed by atoms with Crippen LogP contribution in [0.3, 0.4) is 0 Å². The average Bonchev–Trinajstić information content (AvgIpc) is 2.75. The third-order valence-corrected chi connectivity index (χ3v) is 6.58. The molecule has 0 aliphatic heterocycles. The zero-order valence-electron chi connectivity index (χ0n) is 17.5. The summed E-state index contributed by atoms with van der Waals surface area (Å²) in [7, 11) is 0. The molecule has 2 aromatic rings. The van der Waals surface area contributed by atoms with E-state index in [4.69, 9.17) is 34.8 Å². The van der Waals surface area contributed by atoms with E-state index in [1.54, 1.807) is 36.4 Å². The Kier molecular flexibility index (Phi) is 8.65. The van der Waals surface area contributed by atoms with Gasteiger partial charge in [0.25, 0.3) is 0 Å². The Morgan fingerprint density at radius 3 is 2.42 bits per heavy atom. The number of hydrogen-bond acceptors (Lipinski definition) is 2. The lowest BCUT2D eigenvalue weighted by molar-refractivity contribution is -0.140. The van der Waals surface area contributed by atoms with Gasteiger partial charge >= 0.3 is 0 Å². The van der Waals surface area contributed by atoms with Crippen molar-refractivity contribution in [1.82, 2.24) is 10.2 Å². The second-order valence-corrected chi connectivity index (χ2v) is 9.26. The molecular weight excluding hydrogens is 455 g/mol. The summed E-state index contributed by atoms with van der Waals surface area (Å²) < 4.78 is 0. The number of amides is 2. The van der Waals surface area contributed by atoms with Crippen molar-refractivity contribution in [2.75, 3.05) is 5.88 Å². The van der Waals surface area contributed by atoms with Crippen LogP contribution in [0, 0.1) is 5.92 Å². The Balaban J connectivity index is 1.95. The first-order chi connectivity index (χ1) is 14.9. The summed E-state index contributed by atoms with van der Waals surface area (Å²) in [5.74, 6) is -0.360. The van der Waals surface area contributed by atoms with Crippen molar-refractivity contribution in [2.24, 2.45) is 5.92 Å². The summed E-state index contributed by atoms with van der Waals surface area (Å²) in [5, 5.41) is 4.34. The highest BCUT2D eigenvalue weighted by Gasteiger charge is 2.33. The van der Waals surface area contributed by atoms with Gasteiger partial charge in [-0.15, -0.1) is 11.6 Å². The molecule has 0 bridgehead atoms. The van der Waals surface area contributed by atoms with Gasteiger partial charge in [0.05, 0.1) is 0 Å². The quantitative estimate of drug-likeness (QED) is 0.493. The fraction of sp³-hybridized carbons (Fsp3) is 0.417. The number of alkyl halides is 1. The number of carbonyl (C=O) groups excluding carboxylic acids is 2. The van der Waals surface area contributed by atoms with E-state index in [9.17, 15) is 9.59 Å². The van der Waals surface area contributed by atoms with Gasteiger partial charge in [-0.25, -0.2) is 0 Å². The number of benzene rings is 2. The minimum Gasteiger partial charge on any atom is -0.351 e. The van der Waals surface area contributed by atoms with Crippen LogP contribution in [0.2, 0.25) is 10.0 Å². The monoisotopic (exact) mass is 480 g/mol. The summed E-state index contributed by atoms with van der Waals surface area (Å²) >= 11 is 18.2. The smallest absolute Gasteiger partial charge is 0.247 e. The lowest BCUT2D eigenvalue weighted by Crippen LogP contribution is -2.49. The number of rotatable bonds is 7. The first-order valence-electron chi connectivity index (χ1n) is 10.5. The fourth-order valence-electron chi connectivity index (χ4n) is 4.14. The highest BCUT2D eigenvalue weighted by Crippen LogP contribution is 2.29. The second kappa shape index (κ2) is 11.2. The maximum absolute atomic E-state index is 13.6. The van der Waals surface area contributed by atoms with Gasteiger partial charge in [0.15, 0.2) is 0 Å². The molecule has 1 aliphatic rings. The van der Waals surface area contributed by atoms with Crippen LogP contribution in [0.15, 0.2) is 48.5 Å². The first kappa shape index (κ1) is 23.9. The average molecular weight is 482 g/mol. The summed E-state index contributed by atoms with van der Waals surface area (Å²) in [4.78, 5) is 28.0. The first-order valence-corrected chi connectivity index (χ1v) is 11.8. The van der Waals surface area contributed by atoms with Gasteiger partial charge in [-0.3, -0.25) is 9.59 Å². The Bertz CT molecular complexity index is 904. The molecule has 0 heterocycles. The predicted octanol–water partition coefficient (Wildman–Crippen LogP) is 6.00. The standard InChI is InChI=1S/C24H27Cl3N2O2/c1-16-5-2-3-8-21(16)28-24(31)23(18-9-11-19(26)12-10-18)29(22(30)14-25)15-17-6-4-7-20(27)13-17/h4,6-7,9-13,16,21,23H,2-3,5,8,14-15H2,1H3,(H,28,31)/t16-,21-,23+/m1/s1. The normalized spacial score (nSPS) is 19.5. The van der Waals surface area contributed by atoms with Crippen molar-refractivity contribution < 1.29 is 9.59 Å². The number of nitrogens with one attached hydrogen (secondary N) is 1. The maximum Gasteiger partial charge on any atom is 0.247 e. The van der Waals surface area contributed by atoms with Gasteiger partial charge in [-0.1, -0.05) is 67.2 Å². The van der Waals surface area contributed by atoms with E-state index in [0.29, 0.717) is 21.5 Å². The van der Waals surface area contributed by atoms with Crippen LogP contribution >= 0.6 is 34.8 Å². The summed E-state index contributed by atoms with van der Waals surface area (Å²) in [6.45, 7) is 2.38. The number of nitrogens with zero attached hydrogens (tertiary/aromatic N) is 1. The molecule has 0 saturated heterocycles. The van der Waals surface area contributed by atoms with Crippen molar-refractivity contribution in [1.29, 1.82) is 0 Å². The highest BCUT2D eigenvalue weighted by atomic mass is 35.5. The molecule has 1 saturated carbocycles. The minimum absolute atomic E-state index is 0.0928. The topological polar surface area (TPSA) is 49.4 Å². The lowest BCUT2D eigenvalue weighted by atomic mass is 9.85. The molecule has 3 rings (SSSR count). The molecule has 7 heteroatoms. The third kappa shape index (κ3) is 6.38. The molecule has 1 aliphatic carbocycles.